The van der Waals surface area contributed by atoms with Crippen LogP contribution in [0.3, 0.4) is 0 Å². The molecule has 0 saturated carbocycles. The van der Waals surface area contributed by atoms with Crippen LogP contribution >= 0.6 is 0 Å². The highest BCUT2D eigenvalue weighted by Crippen LogP contribution is 2.39. The molecular weight excluding hydrogens is 451 g/mol. The molecule has 0 aliphatic carbocycles. The van der Waals surface area contributed by atoms with E-state index >= 15 is 0 Å². The predicted octanol–water partition coefficient (Wildman–Crippen LogP) is 3.63. The number of amides is 1. The Hall–Kier alpha value is -3.34. The monoisotopic (exact) mass is 473 g/mol. The molecule has 1 aliphatic rings. The van der Waals surface area contributed by atoms with Crippen molar-refractivity contribution in [2.75, 3.05) is 5.32 Å². The van der Waals surface area contributed by atoms with Gasteiger partial charge >= 0.3 is 0 Å². The summed E-state index contributed by atoms with van der Waals surface area (Å²) in [5.74, 6) is -4.31. The van der Waals surface area contributed by atoms with Crippen molar-refractivity contribution in [3.63, 3.8) is 0 Å². The molecular formula is C24H22F3N3O4. The predicted molar refractivity (Wildman–Crippen MR) is 116 cm³/mol. The van der Waals surface area contributed by atoms with Crippen LogP contribution in [0.5, 0.6) is 0 Å². The summed E-state index contributed by atoms with van der Waals surface area (Å²) < 4.78 is 48.6. The SMILES string of the molecule is C[C@H]1[C@H](O)[C@@H](O)[C@H](C)O[C@@H]1c1ccncc1NC(=O)c1ccc(F)c(-c2c(F)cccc2F)n1. The number of rotatable bonds is 4. The zero-order chi connectivity index (χ0) is 24.6. The van der Waals surface area contributed by atoms with E-state index in [1.54, 1.807) is 19.9 Å². The molecule has 178 valence electrons. The number of carbonyl (C=O) groups is 1. The van der Waals surface area contributed by atoms with Gasteiger partial charge in [-0.05, 0) is 37.3 Å². The maximum absolute atomic E-state index is 14.4. The number of nitrogens with one attached hydrogen (secondary N) is 1. The second-order valence-corrected chi connectivity index (χ2v) is 8.14. The van der Waals surface area contributed by atoms with E-state index in [0.29, 0.717) is 5.56 Å². The third-order valence-corrected chi connectivity index (χ3v) is 5.90. The Kier molecular flexibility index (Phi) is 6.65. The Morgan fingerprint density at radius 1 is 1.00 bits per heavy atom. The third kappa shape index (κ3) is 4.39. The van der Waals surface area contributed by atoms with Crippen LogP contribution in [0.2, 0.25) is 0 Å². The number of carbonyl (C=O) groups excluding carboxylic acids is 1. The normalized spacial score (nSPS) is 24.6. The summed E-state index contributed by atoms with van der Waals surface area (Å²) in [7, 11) is 0. The summed E-state index contributed by atoms with van der Waals surface area (Å²) in [4.78, 5) is 20.8. The summed E-state index contributed by atoms with van der Waals surface area (Å²) in [6.07, 6.45) is -0.597. The number of anilines is 1. The zero-order valence-electron chi connectivity index (χ0n) is 18.2. The van der Waals surface area contributed by atoms with Gasteiger partial charge < -0.3 is 20.3 Å². The maximum atomic E-state index is 14.4. The van der Waals surface area contributed by atoms with Crippen molar-refractivity contribution in [3.05, 3.63) is 77.5 Å². The first kappa shape index (κ1) is 23.8. The second-order valence-electron chi connectivity index (χ2n) is 8.14. The number of aromatic nitrogens is 2. The van der Waals surface area contributed by atoms with Gasteiger partial charge in [0.1, 0.15) is 34.9 Å². The molecule has 1 fully saturated rings. The molecule has 1 aliphatic heterocycles. The van der Waals surface area contributed by atoms with Crippen LogP contribution < -0.4 is 5.32 Å². The van der Waals surface area contributed by atoms with E-state index in [0.717, 1.165) is 30.3 Å². The Labute approximate surface area is 193 Å². The quantitative estimate of drug-likeness (QED) is 0.535. The molecule has 0 spiro atoms. The van der Waals surface area contributed by atoms with E-state index in [4.69, 9.17) is 4.74 Å². The van der Waals surface area contributed by atoms with Crippen LogP contribution in [0.15, 0.2) is 48.8 Å². The first-order chi connectivity index (χ1) is 16.2. The number of hydrogen-bond acceptors (Lipinski definition) is 6. The molecule has 0 radical (unpaired) electrons. The summed E-state index contributed by atoms with van der Waals surface area (Å²) in [5.41, 5.74) is -0.858. The number of aliphatic hydroxyl groups excluding tert-OH is 2. The number of hydrogen-bond donors (Lipinski definition) is 3. The Balaban J connectivity index is 1.65. The fourth-order valence-electron chi connectivity index (χ4n) is 3.97. The summed E-state index contributed by atoms with van der Waals surface area (Å²) in [6.45, 7) is 3.32. The molecule has 0 unspecified atom stereocenters. The number of pyridine rings is 2. The van der Waals surface area contributed by atoms with Gasteiger partial charge in [-0.3, -0.25) is 9.78 Å². The standard InChI is InChI=1S/C24H22F3N3O4/c1-11-21(31)22(32)12(2)34-23(11)13-8-9-28-10-18(13)30-24(33)17-7-6-16(27)20(29-17)19-14(25)4-3-5-15(19)26/h3-12,21-23,31-32H,1-2H3,(H,30,33)/t11-,12-,21-,22-,23-/m0/s1. The topological polar surface area (TPSA) is 105 Å². The fraction of sp³-hybridized carbons (Fsp3) is 0.292. The average Bonchev–Trinajstić information content (AvgIpc) is 2.81. The molecule has 4 rings (SSSR count). The van der Waals surface area contributed by atoms with Gasteiger partial charge in [0.25, 0.3) is 5.91 Å². The number of nitrogens with zero attached hydrogens (tertiary/aromatic N) is 2. The van der Waals surface area contributed by atoms with Gasteiger partial charge in [0.05, 0.1) is 35.8 Å². The van der Waals surface area contributed by atoms with Crippen LogP contribution in [0.1, 0.15) is 36.0 Å². The van der Waals surface area contributed by atoms with Crippen molar-refractivity contribution in [2.45, 2.75) is 38.3 Å². The molecule has 2 aromatic heterocycles. The van der Waals surface area contributed by atoms with Gasteiger partial charge in [-0.15, -0.1) is 0 Å². The van der Waals surface area contributed by atoms with Gasteiger partial charge in [0, 0.05) is 17.7 Å². The lowest BCUT2D eigenvalue weighted by molar-refractivity contribution is -0.192. The molecule has 3 N–H and O–H groups in total. The van der Waals surface area contributed by atoms with Gasteiger partial charge in [-0.25, -0.2) is 18.2 Å². The van der Waals surface area contributed by atoms with E-state index in [9.17, 15) is 28.2 Å². The average molecular weight is 473 g/mol. The molecule has 5 atom stereocenters. The highest BCUT2D eigenvalue weighted by molar-refractivity contribution is 6.03. The summed E-state index contributed by atoms with van der Waals surface area (Å²) >= 11 is 0. The van der Waals surface area contributed by atoms with Crippen molar-refractivity contribution in [3.8, 4) is 11.3 Å². The van der Waals surface area contributed by atoms with E-state index in [2.05, 4.69) is 15.3 Å². The van der Waals surface area contributed by atoms with Crippen LogP contribution in [0.4, 0.5) is 18.9 Å². The lowest BCUT2D eigenvalue weighted by Crippen LogP contribution is -2.49. The number of halogens is 3. The molecule has 3 aromatic rings. The van der Waals surface area contributed by atoms with Crippen LogP contribution in [0, 0.1) is 23.4 Å². The van der Waals surface area contributed by atoms with Crippen molar-refractivity contribution >= 4 is 11.6 Å². The third-order valence-electron chi connectivity index (χ3n) is 5.90. The minimum Gasteiger partial charge on any atom is -0.390 e. The molecule has 1 aromatic carbocycles. The minimum absolute atomic E-state index is 0.241. The largest absolute Gasteiger partial charge is 0.390 e. The van der Waals surface area contributed by atoms with Crippen LogP contribution in [-0.4, -0.2) is 44.4 Å². The Morgan fingerprint density at radius 2 is 1.71 bits per heavy atom. The van der Waals surface area contributed by atoms with E-state index in [1.807, 2.05) is 0 Å². The van der Waals surface area contributed by atoms with E-state index in [1.165, 1.54) is 12.4 Å². The number of aliphatic hydroxyl groups is 2. The first-order valence-electron chi connectivity index (χ1n) is 10.6. The molecule has 1 saturated heterocycles. The minimum atomic E-state index is -1.06. The summed E-state index contributed by atoms with van der Waals surface area (Å²) in [5, 5.41) is 23.1. The molecule has 7 nitrogen and oxygen atoms in total. The highest BCUT2D eigenvalue weighted by atomic mass is 19.1. The molecule has 10 heteroatoms. The van der Waals surface area contributed by atoms with Crippen molar-refractivity contribution in [1.82, 2.24) is 9.97 Å². The zero-order valence-corrected chi connectivity index (χ0v) is 18.2. The van der Waals surface area contributed by atoms with Gasteiger partial charge in [-0.2, -0.15) is 0 Å². The molecule has 3 heterocycles. The van der Waals surface area contributed by atoms with Gasteiger partial charge in [-0.1, -0.05) is 13.0 Å². The molecule has 0 bridgehead atoms. The van der Waals surface area contributed by atoms with Crippen LogP contribution in [-0.2, 0) is 4.74 Å². The van der Waals surface area contributed by atoms with E-state index in [-0.39, 0.29) is 11.4 Å². The number of benzene rings is 1. The first-order valence-corrected chi connectivity index (χ1v) is 10.6. The maximum Gasteiger partial charge on any atom is 0.274 e. The Morgan fingerprint density at radius 3 is 2.41 bits per heavy atom. The number of ether oxygens (including phenoxy) is 1. The lowest BCUT2D eigenvalue weighted by atomic mass is 9.85. The lowest BCUT2D eigenvalue weighted by Gasteiger charge is -2.41. The van der Waals surface area contributed by atoms with Crippen LogP contribution in [0.25, 0.3) is 11.3 Å². The van der Waals surface area contributed by atoms with Gasteiger partial charge in [0.15, 0.2) is 0 Å². The van der Waals surface area contributed by atoms with Crippen molar-refractivity contribution in [2.24, 2.45) is 5.92 Å². The summed E-state index contributed by atoms with van der Waals surface area (Å²) in [6, 6.07) is 6.66. The van der Waals surface area contributed by atoms with Crippen molar-refractivity contribution < 1.29 is 32.9 Å². The second kappa shape index (κ2) is 9.49. The highest BCUT2D eigenvalue weighted by Gasteiger charge is 2.41. The molecule has 34 heavy (non-hydrogen) atoms. The smallest absolute Gasteiger partial charge is 0.274 e. The Bertz CT molecular complexity index is 1210. The van der Waals surface area contributed by atoms with Gasteiger partial charge in [0.2, 0.25) is 0 Å². The molecule has 1 amide bonds. The van der Waals surface area contributed by atoms with Crippen molar-refractivity contribution in [1.29, 1.82) is 0 Å². The fourth-order valence-corrected chi connectivity index (χ4v) is 3.97. The van der Waals surface area contributed by atoms with E-state index < -0.39 is 64.9 Å².